The standard InChI is InChI=1S/C24H18FN5O3/c25-17-12-10-15(11-13-17)14-26-29-24(33)21(27-22(31)16-6-2-1-3-7-16)20-18-8-4-5-9-19(18)23(32)30-28-20/h1-14,21H,(H,27,31)(H,29,33)(H,30,32). The fraction of sp³-hybridized carbons (Fsp3) is 0.0417. The van der Waals surface area contributed by atoms with E-state index in [1.807, 2.05) is 0 Å². The van der Waals surface area contributed by atoms with Gasteiger partial charge < -0.3 is 5.32 Å². The van der Waals surface area contributed by atoms with E-state index in [2.05, 4.69) is 26.0 Å². The fourth-order valence-corrected chi connectivity index (χ4v) is 3.20. The molecule has 1 heterocycles. The molecule has 0 aliphatic carbocycles. The average Bonchev–Trinajstić information content (AvgIpc) is 2.85. The predicted octanol–water partition coefficient (Wildman–Crippen LogP) is 2.68. The lowest BCUT2D eigenvalue weighted by Crippen LogP contribution is -2.40. The zero-order valence-corrected chi connectivity index (χ0v) is 17.2. The summed E-state index contributed by atoms with van der Waals surface area (Å²) < 4.78 is 13.1. The Morgan fingerprint density at radius 3 is 2.33 bits per heavy atom. The molecule has 0 spiro atoms. The van der Waals surface area contributed by atoms with Crippen LogP contribution in [0.15, 0.2) is 88.8 Å². The number of benzene rings is 3. The minimum absolute atomic E-state index is 0.156. The monoisotopic (exact) mass is 443 g/mol. The van der Waals surface area contributed by atoms with Crippen molar-refractivity contribution in [3.05, 3.63) is 112 Å². The van der Waals surface area contributed by atoms with Gasteiger partial charge in [-0.2, -0.15) is 10.2 Å². The van der Waals surface area contributed by atoms with Crippen LogP contribution in [-0.4, -0.2) is 28.2 Å². The normalized spacial score (nSPS) is 11.9. The number of nitrogens with one attached hydrogen (secondary N) is 3. The van der Waals surface area contributed by atoms with Crippen molar-refractivity contribution in [3.63, 3.8) is 0 Å². The van der Waals surface area contributed by atoms with Crippen molar-refractivity contribution in [1.82, 2.24) is 20.9 Å². The molecule has 0 aliphatic rings. The molecule has 0 saturated heterocycles. The van der Waals surface area contributed by atoms with Crippen molar-refractivity contribution in [1.29, 1.82) is 0 Å². The van der Waals surface area contributed by atoms with Gasteiger partial charge in [-0.25, -0.2) is 14.9 Å². The predicted molar refractivity (Wildman–Crippen MR) is 121 cm³/mol. The maximum absolute atomic E-state index is 13.1. The Labute approximate surface area is 187 Å². The summed E-state index contributed by atoms with van der Waals surface area (Å²) >= 11 is 0. The van der Waals surface area contributed by atoms with Crippen LogP contribution in [0.5, 0.6) is 0 Å². The number of amides is 2. The average molecular weight is 443 g/mol. The van der Waals surface area contributed by atoms with Gasteiger partial charge in [-0.05, 0) is 35.9 Å². The van der Waals surface area contributed by atoms with Gasteiger partial charge in [-0.3, -0.25) is 14.4 Å². The number of aromatic nitrogens is 2. The van der Waals surface area contributed by atoms with Crippen LogP contribution in [0.3, 0.4) is 0 Å². The SMILES string of the molecule is O=C(NC(C(=O)NN=Cc1ccc(F)cc1)c1n[nH]c(=O)c2ccccc12)c1ccccc1. The largest absolute Gasteiger partial charge is 0.335 e. The van der Waals surface area contributed by atoms with E-state index < -0.39 is 29.2 Å². The lowest BCUT2D eigenvalue weighted by atomic mass is 10.0. The molecule has 8 nitrogen and oxygen atoms in total. The molecule has 33 heavy (non-hydrogen) atoms. The highest BCUT2D eigenvalue weighted by molar-refractivity contribution is 5.99. The molecule has 2 amide bonds. The first-order valence-electron chi connectivity index (χ1n) is 9.94. The number of rotatable bonds is 6. The molecule has 0 bridgehead atoms. The van der Waals surface area contributed by atoms with Crippen LogP contribution >= 0.6 is 0 Å². The molecule has 1 unspecified atom stereocenters. The number of hydrogen-bond donors (Lipinski definition) is 3. The van der Waals surface area contributed by atoms with E-state index in [0.717, 1.165) is 0 Å². The fourth-order valence-electron chi connectivity index (χ4n) is 3.20. The van der Waals surface area contributed by atoms with Crippen LogP contribution in [0.4, 0.5) is 4.39 Å². The highest BCUT2D eigenvalue weighted by Gasteiger charge is 2.27. The van der Waals surface area contributed by atoms with Gasteiger partial charge in [0, 0.05) is 10.9 Å². The minimum atomic E-state index is -1.26. The van der Waals surface area contributed by atoms with Crippen LogP contribution in [0.2, 0.25) is 0 Å². The number of carbonyl (C=O) groups is 2. The number of nitrogens with zero attached hydrogens (tertiary/aromatic N) is 2. The third-order valence-corrected chi connectivity index (χ3v) is 4.83. The molecule has 9 heteroatoms. The Hall–Kier alpha value is -4.66. The van der Waals surface area contributed by atoms with Crippen molar-refractivity contribution >= 4 is 28.8 Å². The maximum Gasteiger partial charge on any atom is 0.272 e. The Morgan fingerprint density at radius 2 is 1.61 bits per heavy atom. The molecule has 3 aromatic carbocycles. The molecule has 4 aromatic rings. The van der Waals surface area contributed by atoms with Crippen LogP contribution in [0, 0.1) is 5.82 Å². The van der Waals surface area contributed by atoms with E-state index in [1.165, 1.54) is 30.5 Å². The lowest BCUT2D eigenvalue weighted by Gasteiger charge is -2.18. The summed E-state index contributed by atoms with van der Waals surface area (Å²) in [7, 11) is 0. The summed E-state index contributed by atoms with van der Waals surface area (Å²) in [5.74, 6) is -1.58. The minimum Gasteiger partial charge on any atom is -0.335 e. The maximum atomic E-state index is 13.1. The van der Waals surface area contributed by atoms with Gasteiger partial charge in [0.15, 0.2) is 6.04 Å². The van der Waals surface area contributed by atoms with E-state index in [4.69, 9.17) is 0 Å². The van der Waals surface area contributed by atoms with Crippen molar-refractivity contribution in [2.75, 3.05) is 0 Å². The first kappa shape index (κ1) is 21.6. The van der Waals surface area contributed by atoms with Crippen molar-refractivity contribution in [2.45, 2.75) is 6.04 Å². The number of halogens is 1. The smallest absolute Gasteiger partial charge is 0.272 e. The van der Waals surface area contributed by atoms with E-state index >= 15 is 0 Å². The summed E-state index contributed by atoms with van der Waals surface area (Å²) in [6.07, 6.45) is 1.34. The first-order valence-corrected chi connectivity index (χ1v) is 9.94. The molecular formula is C24H18FN5O3. The number of carbonyl (C=O) groups excluding carboxylic acids is 2. The van der Waals surface area contributed by atoms with Crippen LogP contribution < -0.4 is 16.3 Å². The highest BCUT2D eigenvalue weighted by atomic mass is 19.1. The quantitative estimate of drug-likeness (QED) is 0.314. The Balaban J connectivity index is 1.66. The summed E-state index contributed by atoms with van der Waals surface area (Å²) in [6.45, 7) is 0. The third-order valence-electron chi connectivity index (χ3n) is 4.83. The summed E-state index contributed by atoms with van der Waals surface area (Å²) in [6, 6.07) is 19.3. The van der Waals surface area contributed by atoms with Crippen LogP contribution in [0.25, 0.3) is 10.8 Å². The van der Waals surface area contributed by atoms with Gasteiger partial charge in [0.05, 0.1) is 11.6 Å². The molecule has 1 aromatic heterocycles. The van der Waals surface area contributed by atoms with Crippen LogP contribution in [0.1, 0.15) is 27.7 Å². The third kappa shape index (κ3) is 4.99. The van der Waals surface area contributed by atoms with E-state index in [0.29, 0.717) is 21.9 Å². The van der Waals surface area contributed by atoms with E-state index in [9.17, 15) is 18.8 Å². The van der Waals surface area contributed by atoms with Gasteiger partial charge in [0.2, 0.25) is 0 Å². The topological polar surface area (TPSA) is 116 Å². The van der Waals surface area contributed by atoms with Gasteiger partial charge in [-0.1, -0.05) is 48.5 Å². The van der Waals surface area contributed by atoms with Gasteiger partial charge in [-0.15, -0.1) is 0 Å². The zero-order valence-electron chi connectivity index (χ0n) is 17.2. The number of H-pyrrole nitrogens is 1. The molecular weight excluding hydrogens is 425 g/mol. The summed E-state index contributed by atoms with van der Waals surface area (Å²) in [5, 5.41) is 13.7. The number of fused-ring (bicyclic) bond motifs is 1. The molecule has 1 atom stereocenters. The molecule has 164 valence electrons. The Morgan fingerprint density at radius 1 is 0.939 bits per heavy atom. The molecule has 4 rings (SSSR count). The van der Waals surface area contributed by atoms with Crippen LogP contribution in [-0.2, 0) is 4.79 Å². The van der Waals surface area contributed by atoms with Crippen molar-refractivity contribution in [3.8, 4) is 0 Å². The van der Waals surface area contributed by atoms with E-state index in [-0.39, 0.29) is 5.69 Å². The number of aromatic amines is 1. The van der Waals surface area contributed by atoms with Gasteiger partial charge in [0.25, 0.3) is 17.4 Å². The number of hydrazone groups is 1. The number of hydrogen-bond acceptors (Lipinski definition) is 5. The lowest BCUT2D eigenvalue weighted by molar-refractivity contribution is -0.123. The van der Waals surface area contributed by atoms with Crippen molar-refractivity contribution < 1.29 is 14.0 Å². The second-order valence-corrected chi connectivity index (χ2v) is 7.04. The molecule has 0 fully saturated rings. The Kier molecular flexibility index (Phi) is 6.31. The Bertz CT molecular complexity index is 1380. The summed E-state index contributed by atoms with van der Waals surface area (Å²) in [5.41, 5.74) is 3.02. The van der Waals surface area contributed by atoms with Crippen molar-refractivity contribution in [2.24, 2.45) is 5.10 Å². The molecule has 0 aliphatic heterocycles. The van der Waals surface area contributed by atoms with Gasteiger partial charge >= 0.3 is 0 Å². The summed E-state index contributed by atoms with van der Waals surface area (Å²) in [4.78, 5) is 38.0. The van der Waals surface area contributed by atoms with E-state index in [1.54, 1.807) is 54.6 Å². The second-order valence-electron chi connectivity index (χ2n) is 7.04. The second kappa shape index (κ2) is 9.65. The van der Waals surface area contributed by atoms with Gasteiger partial charge in [0.1, 0.15) is 11.5 Å². The highest BCUT2D eigenvalue weighted by Crippen LogP contribution is 2.20. The molecule has 0 radical (unpaired) electrons. The first-order chi connectivity index (χ1) is 16.0. The molecule has 0 saturated carbocycles. The molecule has 3 N–H and O–H groups in total. The zero-order chi connectivity index (χ0) is 23.2.